The van der Waals surface area contributed by atoms with Crippen LogP contribution in [0.2, 0.25) is 5.02 Å². The van der Waals surface area contributed by atoms with Crippen molar-refractivity contribution in [2.24, 2.45) is 0 Å². The third-order valence-electron chi connectivity index (χ3n) is 2.64. The fourth-order valence-electron chi connectivity index (χ4n) is 1.74. The maximum absolute atomic E-state index is 5.97. The molecule has 0 saturated carbocycles. The standard InChI is InChI=1S/C14H15ClIN3S/c1-2-4-11-13(16)14(17)19-12(18-11)8-20-10-6-3-5-9(15)7-10/h3,5-7H,2,4,8H2,1H3,(H2,17,18,19). The molecule has 0 amide bonds. The lowest BCUT2D eigenvalue weighted by molar-refractivity contribution is 0.848. The van der Waals surface area contributed by atoms with Crippen LogP contribution in [-0.4, -0.2) is 9.97 Å². The second kappa shape index (κ2) is 7.47. The van der Waals surface area contributed by atoms with Gasteiger partial charge in [-0.2, -0.15) is 0 Å². The summed E-state index contributed by atoms with van der Waals surface area (Å²) in [6, 6.07) is 7.77. The van der Waals surface area contributed by atoms with Gasteiger partial charge in [0.2, 0.25) is 0 Å². The first-order chi connectivity index (χ1) is 9.60. The van der Waals surface area contributed by atoms with Crippen LogP contribution < -0.4 is 5.73 Å². The Hall–Kier alpha value is -0.530. The lowest BCUT2D eigenvalue weighted by Crippen LogP contribution is -2.06. The molecule has 0 aliphatic rings. The summed E-state index contributed by atoms with van der Waals surface area (Å²) in [6.45, 7) is 2.13. The van der Waals surface area contributed by atoms with Crippen LogP contribution in [0.4, 0.5) is 5.82 Å². The van der Waals surface area contributed by atoms with E-state index >= 15 is 0 Å². The van der Waals surface area contributed by atoms with Crippen LogP contribution in [0, 0.1) is 3.57 Å². The molecule has 106 valence electrons. The van der Waals surface area contributed by atoms with Gasteiger partial charge in [-0.25, -0.2) is 9.97 Å². The van der Waals surface area contributed by atoms with Crippen molar-refractivity contribution in [2.45, 2.75) is 30.4 Å². The third-order valence-corrected chi connectivity index (χ3v) is 5.04. The first-order valence-electron chi connectivity index (χ1n) is 6.29. The maximum Gasteiger partial charge on any atom is 0.141 e. The van der Waals surface area contributed by atoms with Crippen molar-refractivity contribution in [1.82, 2.24) is 9.97 Å². The molecule has 6 heteroatoms. The summed E-state index contributed by atoms with van der Waals surface area (Å²) in [5.74, 6) is 2.04. The number of nitrogen functional groups attached to an aromatic ring is 1. The van der Waals surface area contributed by atoms with E-state index in [-0.39, 0.29) is 0 Å². The van der Waals surface area contributed by atoms with Crippen molar-refractivity contribution in [3.63, 3.8) is 0 Å². The molecule has 1 aromatic carbocycles. The molecule has 0 aliphatic carbocycles. The first kappa shape index (κ1) is 15.9. The van der Waals surface area contributed by atoms with E-state index in [1.165, 1.54) is 0 Å². The van der Waals surface area contributed by atoms with Gasteiger partial charge in [-0.15, -0.1) is 11.8 Å². The average molecular weight is 420 g/mol. The molecular weight excluding hydrogens is 405 g/mol. The van der Waals surface area contributed by atoms with Crippen LogP contribution in [0.15, 0.2) is 29.2 Å². The molecular formula is C14H15ClIN3S. The summed E-state index contributed by atoms with van der Waals surface area (Å²) in [4.78, 5) is 10.1. The third kappa shape index (κ3) is 4.23. The number of rotatable bonds is 5. The van der Waals surface area contributed by atoms with Gasteiger partial charge in [-0.05, 0) is 47.2 Å². The van der Waals surface area contributed by atoms with Crippen molar-refractivity contribution in [3.05, 3.63) is 44.4 Å². The molecule has 0 unspecified atom stereocenters. The van der Waals surface area contributed by atoms with Crippen molar-refractivity contribution in [3.8, 4) is 0 Å². The summed E-state index contributed by atoms with van der Waals surface area (Å²) < 4.78 is 0.973. The fraction of sp³-hybridized carbons (Fsp3) is 0.286. The number of benzene rings is 1. The van der Waals surface area contributed by atoms with E-state index in [1.807, 2.05) is 24.3 Å². The minimum atomic E-state index is 0.575. The number of thioether (sulfide) groups is 1. The Morgan fingerprint density at radius 3 is 2.85 bits per heavy atom. The summed E-state index contributed by atoms with van der Waals surface area (Å²) in [7, 11) is 0. The van der Waals surface area contributed by atoms with E-state index < -0.39 is 0 Å². The van der Waals surface area contributed by atoms with E-state index in [2.05, 4.69) is 39.5 Å². The fourth-order valence-corrected chi connectivity index (χ4v) is 3.31. The molecule has 2 aromatic rings. The van der Waals surface area contributed by atoms with Crippen molar-refractivity contribution >= 4 is 51.8 Å². The maximum atomic E-state index is 5.97. The summed E-state index contributed by atoms with van der Waals surface area (Å²) >= 11 is 9.85. The molecule has 0 saturated heterocycles. The van der Waals surface area contributed by atoms with Crippen LogP contribution in [0.1, 0.15) is 24.9 Å². The Morgan fingerprint density at radius 1 is 1.35 bits per heavy atom. The number of aryl methyl sites for hydroxylation is 1. The highest BCUT2D eigenvalue weighted by Crippen LogP contribution is 2.25. The van der Waals surface area contributed by atoms with E-state index in [0.717, 1.165) is 37.8 Å². The van der Waals surface area contributed by atoms with Crippen LogP contribution in [0.5, 0.6) is 0 Å². The summed E-state index contributed by atoms with van der Waals surface area (Å²) in [6.07, 6.45) is 1.98. The van der Waals surface area contributed by atoms with E-state index in [0.29, 0.717) is 11.6 Å². The number of halogens is 2. The van der Waals surface area contributed by atoms with Gasteiger partial charge in [0.05, 0.1) is 15.0 Å². The average Bonchev–Trinajstić information content (AvgIpc) is 2.42. The second-order valence-corrected chi connectivity index (χ2v) is 6.85. The highest BCUT2D eigenvalue weighted by atomic mass is 127. The predicted molar refractivity (Wildman–Crippen MR) is 94.2 cm³/mol. The Kier molecular flexibility index (Phi) is 5.92. The second-order valence-electron chi connectivity index (χ2n) is 4.28. The summed E-state index contributed by atoms with van der Waals surface area (Å²) in [5.41, 5.74) is 7.00. The van der Waals surface area contributed by atoms with Crippen LogP contribution >= 0.6 is 46.0 Å². The molecule has 2 rings (SSSR count). The molecule has 1 aromatic heterocycles. The minimum absolute atomic E-state index is 0.575. The molecule has 0 fully saturated rings. The number of nitrogens with two attached hydrogens (primary N) is 1. The molecule has 0 aliphatic heterocycles. The topological polar surface area (TPSA) is 51.8 Å². The zero-order valence-corrected chi connectivity index (χ0v) is 14.8. The zero-order valence-electron chi connectivity index (χ0n) is 11.1. The normalized spacial score (nSPS) is 10.8. The number of hydrogen-bond donors (Lipinski definition) is 1. The number of hydrogen-bond acceptors (Lipinski definition) is 4. The predicted octanol–water partition coefficient (Wildman–Crippen LogP) is 4.56. The van der Waals surface area contributed by atoms with E-state index in [9.17, 15) is 0 Å². The van der Waals surface area contributed by atoms with Crippen LogP contribution in [0.25, 0.3) is 0 Å². The molecule has 0 spiro atoms. The van der Waals surface area contributed by atoms with Crippen LogP contribution in [-0.2, 0) is 12.2 Å². The van der Waals surface area contributed by atoms with Crippen molar-refractivity contribution in [2.75, 3.05) is 5.73 Å². The van der Waals surface area contributed by atoms with Gasteiger partial charge in [0.25, 0.3) is 0 Å². The Labute approximate surface area is 141 Å². The molecule has 0 bridgehead atoms. The van der Waals surface area contributed by atoms with Crippen LogP contribution in [0.3, 0.4) is 0 Å². The molecule has 3 nitrogen and oxygen atoms in total. The highest BCUT2D eigenvalue weighted by Gasteiger charge is 2.09. The SMILES string of the molecule is CCCc1nc(CSc2cccc(Cl)c2)nc(N)c1I. The molecule has 1 heterocycles. The Morgan fingerprint density at radius 2 is 2.15 bits per heavy atom. The molecule has 2 N–H and O–H groups in total. The Bertz CT molecular complexity index is 607. The monoisotopic (exact) mass is 419 g/mol. The van der Waals surface area contributed by atoms with Crippen molar-refractivity contribution < 1.29 is 0 Å². The van der Waals surface area contributed by atoms with Gasteiger partial charge < -0.3 is 5.73 Å². The zero-order chi connectivity index (χ0) is 14.5. The molecule has 0 radical (unpaired) electrons. The van der Waals surface area contributed by atoms with Gasteiger partial charge in [-0.1, -0.05) is 31.0 Å². The molecule has 20 heavy (non-hydrogen) atoms. The van der Waals surface area contributed by atoms with Gasteiger partial charge in [0, 0.05) is 9.92 Å². The number of nitrogens with zero attached hydrogens (tertiary/aromatic N) is 2. The first-order valence-corrected chi connectivity index (χ1v) is 8.73. The van der Waals surface area contributed by atoms with Crippen molar-refractivity contribution in [1.29, 1.82) is 0 Å². The molecule has 0 atom stereocenters. The lowest BCUT2D eigenvalue weighted by Gasteiger charge is -2.08. The van der Waals surface area contributed by atoms with Gasteiger partial charge in [0.1, 0.15) is 11.6 Å². The number of anilines is 1. The Balaban J connectivity index is 2.13. The van der Waals surface area contributed by atoms with Gasteiger partial charge >= 0.3 is 0 Å². The minimum Gasteiger partial charge on any atom is -0.383 e. The van der Waals surface area contributed by atoms with E-state index in [4.69, 9.17) is 17.3 Å². The highest BCUT2D eigenvalue weighted by molar-refractivity contribution is 14.1. The van der Waals surface area contributed by atoms with Gasteiger partial charge in [-0.3, -0.25) is 0 Å². The van der Waals surface area contributed by atoms with E-state index in [1.54, 1.807) is 11.8 Å². The lowest BCUT2D eigenvalue weighted by atomic mass is 10.2. The number of aromatic nitrogens is 2. The quantitative estimate of drug-likeness (QED) is 0.570. The van der Waals surface area contributed by atoms with Gasteiger partial charge in [0.15, 0.2) is 0 Å². The largest absolute Gasteiger partial charge is 0.383 e. The smallest absolute Gasteiger partial charge is 0.141 e. The summed E-state index contributed by atoms with van der Waals surface area (Å²) in [5, 5.41) is 0.740.